The third-order valence-corrected chi connectivity index (χ3v) is 3.25. The van der Waals surface area contributed by atoms with Crippen molar-refractivity contribution < 1.29 is 9.90 Å². The minimum Gasteiger partial charge on any atom is -0.478 e. The third kappa shape index (κ3) is 2.50. The Morgan fingerprint density at radius 2 is 1.83 bits per heavy atom. The third-order valence-electron chi connectivity index (χ3n) is 2.70. The van der Waals surface area contributed by atoms with E-state index in [0.717, 1.165) is 11.1 Å². The average Bonchev–Trinajstić information content (AvgIpc) is 2.28. The molecule has 0 aliphatic heterocycles. The van der Waals surface area contributed by atoms with E-state index in [1.165, 1.54) is 0 Å². The zero-order chi connectivity index (χ0) is 13.3. The maximum atomic E-state index is 10.9. The van der Waals surface area contributed by atoms with Crippen molar-refractivity contribution in [1.82, 2.24) is 0 Å². The van der Waals surface area contributed by atoms with Gasteiger partial charge in [-0.05, 0) is 36.2 Å². The second kappa shape index (κ2) is 5.01. The number of carbonyl (C=O) groups is 1. The first-order valence-corrected chi connectivity index (χ1v) is 6.04. The molecule has 2 aromatic rings. The lowest BCUT2D eigenvalue weighted by atomic mass is 10.00. The SMILES string of the molecule is Cc1cc(-c2ccc(Cl)cc2Cl)ccc1C(=O)O. The van der Waals surface area contributed by atoms with Crippen LogP contribution in [-0.2, 0) is 0 Å². The van der Waals surface area contributed by atoms with Crippen molar-refractivity contribution in [2.75, 3.05) is 0 Å². The summed E-state index contributed by atoms with van der Waals surface area (Å²) in [6.45, 7) is 1.76. The molecule has 2 rings (SSSR count). The van der Waals surface area contributed by atoms with Gasteiger partial charge in [0.2, 0.25) is 0 Å². The van der Waals surface area contributed by atoms with Crippen LogP contribution < -0.4 is 0 Å². The quantitative estimate of drug-likeness (QED) is 0.868. The molecule has 0 radical (unpaired) electrons. The van der Waals surface area contributed by atoms with Gasteiger partial charge in [0.05, 0.1) is 5.56 Å². The van der Waals surface area contributed by atoms with Crippen LogP contribution in [0, 0.1) is 6.92 Å². The maximum Gasteiger partial charge on any atom is 0.335 e. The van der Waals surface area contributed by atoms with Gasteiger partial charge in [-0.1, -0.05) is 41.4 Å². The van der Waals surface area contributed by atoms with Gasteiger partial charge in [-0.15, -0.1) is 0 Å². The maximum absolute atomic E-state index is 10.9. The van der Waals surface area contributed by atoms with E-state index in [-0.39, 0.29) is 0 Å². The molecule has 0 aromatic heterocycles. The highest BCUT2D eigenvalue weighted by atomic mass is 35.5. The fourth-order valence-electron chi connectivity index (χ4n) is 1.79. The first-order chi connectivity index (χ1) is 8.49. The van der Waals surface area contributed by atoms with Crippen LogP contribution in [-0.4, -0.2) is 11.1 Å². The molecule has 0 amide bonds. The largest absolute Gasteiger partial charge is 0.478 e. The summed E-state index contributed by atoms with van der Waals surface area (Å²) < 4.78 is 0. The minimum absolute atomic E-state index is 0.295. The molecular formula is C14H10Cl2O2. The number of hydrogen-bond donors (Lipinski definition) is 1. The van der Waals surface area contributed by atoms with Crippen LogP contribution in [0.1, 0.15) is 15.9 Å². The van der Waals surface area contributed by atoms with Gasteiger partial charge < -0.3 is 5.11 Å². The van der Waals surface area contributed by atoms with Crippen molar-refractivity contribution in [1.29, 1.82) is 0 Å². The number of aryl methyl sites for hydroxylation is 1. The Bertz CT molecular complexity index is 621. The normalized spacial score (nSPS) is 10.4. The highest BCUT2D eigenvalue weighted by Crippen LogP contribution is 2.31. The van der Waals surface area contributed by atoms with Gasteiger partial charge in [-0.2, -0.15) is 0 Å². The van der Waals surface area contributed by atoms with Gasteiger partial charge >= 0.3 is 5.97 Å². The van der Waals surface area contributed by atoms with Gasteiger partial charge in [-0.3, -0.25) is 0 Å². The molecule has 2 nitrogen and oxygen atoms in total. The predicted molar refractivity (Wildman–Crippen MR) is 73.6 cm³/mol. The number of halogens is 2. The monoisotopic (exact) mass is 280 g/mol. The smallest absolute Gasteiger partial charge is 0.335 e. The number of aromatic carboxylic acids is 1. The summed E-state index contributed by atoms with van der Waals surface area (Å²) in [7, 11) is 0. The highest BCUT2D eigenvalue weighted by Gasteiger charge is 2.10. The molecule has 0 aliphatic carbocycles. The summed E-state index contributed by atoms with van der Waals surface area (Å²) in [5.74, 6) is -0.929. The minimum atomic E-state index is -0.929. The number of hydrogen-bond acceptors (Lipinski definition) is 1. The molecule has 0 aliphatic rings. The molecule has 92 valence electrons. The second-order valence-corrected chi connectivity index (χ2v) is 4.80. The van der Waals surface area contributed by atoms with E-state index in [4.69, 9.17) is 28.3 Å². The Morgan fingerprint density at radius 1 is 1.11 bits per heavy atom. The van der Waals surface area contributed by atoms with Crippen LogP contribution in [0.3, 0.4) is 0 Å². The van der Waals surface area contributed by atoms with E-state index < -0.39 is 5.97 Å². The molecule has 0 spiro atoms. The van der Waals surface area contributed by atoms with E-state index in [0.29, 0.717) is 21.2 Å². The summed E-state index contributed by atoms with van der Waals surface area (Å²) in [6.07, 6.45) is 0. The second-order valence-electron chi connectivity index (χ2n) is 3.96. The molecule has 0 heterocycles. The molecule has 0 unspecified atom stereocenters. The number of rotatable bonds is 2. The molecule has 1 N–H and O–H groups in total. The summed E-state index contributed by atoms with van der Waals surface area (Å²) in [4.78, 5) is 10.9. The average molecular weight is 281 g/mol. The van der Waals surface area contributed by atoms with Gasteiger partial charge in [0.1, 0.15) is 0 Å². The van der Waals surface area contributed by atoms with Crippen molar-refractivity contribution in [3.05, 3.63) is 57.6 Å². The number of benzene rings is 2. The molecule has 0 saturated heterocycles. The molecular weight excluding hydrogens is 271 g/mol. The van der Waals surface area contributed by atoms with E-state index in [1.54, 1.807) is 37.3 Å². The Morgan fingerprint density at radius 3 is 2.39 bits per heavy atom. The highest BCUT2D eigenvalue weighted by molar-refractivity contribution is 6.36. The van der Waals surface area contributed by atoms with Crippen LogP contribution in [0.15, 0.2) is 36.4 Å². The summed E-state index contributed by atoms with van der Waals surface area (Å²) >= 11 is 12.0. The van der Waals surface area contributed by atoms with Crippen molar-refractivity contribution >= 4 is 29.2 Å². The van der Waals surface area contributed by atoms with E-state index >= 15 is 0 Å². The van der Waals surface area contributed by atoms with Crippen molar-refractivity contribution in [2.45, 2.75) is 6.92 Å². The van der Waals surface area contributed by atoms with Gasteiger partial charge in [0.25, 0.3) is 0 Å². The van der Waals surface area contributed by atoms with Crippen molar-refractivity contribution in [3.8, 4) is 11.1 Å². The summed E-state index contributed by atoms with van der Waals surface area (Å²) in [5.41, 5.74) is 2.70. The van der Waals surface area contributed by atoms with Crippen LogP contribution in [0.2, 0.25) is 10.0 Å². The van der Waals surface area contributed by atoms with E-state index in [2.05, 4.69) is 0 Å². The summed E-state index contributed by atoms with van der Waals surface area (Å²) in [6, 6.07) is 10.4. The van der Waals surface area contributed by atoms with E-state index in [1.807, 2.05) is 6.07 Å². The Kier molecular flexibility index (Phi) is 3.60. The Labute approximate surface area is 115 Å². The first kappa shape index (κ1) is 12.9. The summed E-state index contributed by atoms with van der Waals surface area (Å²) in [5, 5.41) is 10.1. The van der Waals surface area contributed by atoms with Gasteiger partial charge in [-0.25, -0.2) is 4.79 Å². The zero-order valence-corrected chi connectivity index (χ0v) is 11.1. The molecule has 4 heteroatoms. The number of carboxylic acid groups (broad SMARTS) is 1. The van der Waals surface area contributed by atoms with Crippen LogP contribution in [0.4, 0.5) is 0 Å². The zero-order valence-electron chi connectivity index (χ0n) is 9.58. The topological polar surface area (TPSA) is 37.3 Å². The Balaban J connectivity index is 2.52. The lowest BCUT2D eigenvalue weighted by Gasteiger charge is -2.08. The van der Waals surface area contributed by atoms with Crippen molar-refractivity contribution in [2.24, 2.45) is 0 Å². The first-order valence-electron chi connectivity index (χ1n) is 5.28. The molecule has 0 fully saturated rings. The van der Waals surface area contributed by atoms with Crippen LogP contribution in [0.5, 0.6) is 0 Å². The molecule has 0 bridgehead atoms. The molecule has 0 saturated carbocycles. The van der Waals surface area contributed by atoms with Gasteiger partial charge in [0, 0.05) is 15.6 Å². The molecule has 18 heavy (non-hydrogen) atoms. The van der Waals surface area contributed by atoms with Crippen LogP contribution >= 0.6 is 23.2 Å². The molecule has 2 aromatic carbocycles. The fourth-order valence-corrected chi connectivity index (χ4v) is 2.31. The van der Waals surface area contributed by atoms with Gasteiger partial charge in [0.15, 0.2) is 0 Å². The fraction of sp³-hybridized carbons (Fsp3) is 0.0714. The van der Waals surface area contributed by atoms with Crippen molar-refractivity contribution in [3.63, 3.8) is 0 Å². The lowest BCUT2D eigenvalue weighted by Crippen LogP contribution is -1.99. The predicted octanol–water partition coefficient (Wildman–Crippen LogP) is 4.67. The Hall–Kier alpha value is -1.51. The van der Waals surface area contributed by atoms with Crippen LogP contribution in [0.25, 0.3) is 11.1 Å². The lowest BCUT2D eigenvalue weighted by molar-refractivity contribution is 0.0696. The van der Waals surface area contributed by atoms with E-state index in [9.17, 15) is 4.79 Å². The molecule has 0 atom stereocenters. The number of carboxylic acids is 1. The standard InChI is InChI=1S/C14H10Cl2O2/c1-8-6-9(2-4-11(8)14(17)18)12-5-3-10(15)7-13(12)16/h2-7H,1H3,(H,17,18).